The van der Waals surface area contributed by atoms with Gasteiger partial charge in [0.05, 0.1) is 6.20 Å². The average molecular weight is 258 g/mol. The first-order valence-electron chi connectivity index (χ1n) is 6.53. The van der Waals surface area contributed by atoms with E-state index in [4.69, 9.17) is 4.52 Å². The molecule has 4 heteroatoms. The zero-order valence-electron chi connectivity index (χ0n) is 10.8. The summed E-state index contributed by atoms with van der Waals surface area (Å²) in [6, 6.07) is 10.0. The van der Waals surface area contributed by atoms with Gasteiger partial charge in [0.2, 0.25) is 5.91 Å². The summed E-state index contributed by atoms with van der Waals surface area (Å²) in [4.78, 5) is 11.6. The molecule has 1 aromatic heterocycles. The lowest BCUT2D eigenvalue weighted by Crippen LogP contribution is -2.24. The van der Waals surface area contributed by atoms with E-state index in [1.54, 1.807) is 12.5 Å². The molecule has 1 amide bonds. The second-order valence-electron chi connectivity index (χ2n) is 4.47. The van der Waals surface area contributed by atoms with Gasteiger partial charge in [0.25, 0.3) is 0 Å². The predicted molar refractivity (Wildman–Crippen MR) is 72.6 cm³/mol. The molecule has 0 radical (unpaired) electrons. The molecule has 0 bridgehead atoms. The number of aryl methyl sites for hydroxylation is 2. The smallest absolute Gasteiger partial charge is 0.220 e. The van der Waals surface area contributed by atoms with Crippen LogP contribution in [0.1, 0.15) is 24.0 Å². The summed E-state index contributed by atoms with van der Waals surface area (Å²) >= 11 is 0. The van der Waals surface area contributed by atoms with Gasteiger partial charge in [-0.15, -0.1) is 0 Å². The van der Waals surface area contributed by atoms with Gasteiger partial charge in [0.15, 0.2) is 0 Å². The summed E-state index contributed by atoms with van der Waals surface area (Å²) in [5.41, 5.74) is 2.26. The van der Waals surface area contributed by atoms with Crippen molar-refractivity contribution in [3.8, 4) is 0 Å². The minimum Gasteiger partial charge on any atom is -0.364 e. The molecule has 0 saturated heterocycles. The fraction of sp³-hybridized carbons (Fsp3) is 0.333. The van der Waals surface area contributed by atoms with E-state index in [1.165, 1.54) is 5.56 Å². The highest BCUT2D eigenvalue weighted by Crippen LogP contribution is 2.03. The summed E-state index contributed by atoms with van der Waals surface area (Å²) in [7, 11) is 0. The molecule has 0 unspecified atom stereocenters. The van der Waals surface area contributed by atoms with Crippen molar-refractivity contribution in [2.45, 2.75) is 25.7 Å². The number of benzene rings is 1. The Labute approximate surface area is 112 Å². The Morgan fingerprint density at radius 1 is 1.16 bits per heavy atom. The quantitative estimate of drug-likeness (QED) is 0.776. The first-order valence-corrected chi connectivity index (χ1v) is 6.53. The highest BCUT2D eigenvalue weighted by Gasteiger charge is 2.02. The van der Waals surface area contributed by atoms with E-state index < -0.39 is 0 Å². The summed E-state index contributed by atoms with van der Waals surface area (Å²) in [6.07, 6.45) is 6.45. The summed E-state index contributed by atoms with van der Waals surface area (Å²) in [6.45, 7) is 0.693. The summed E-state index contributed by atoms with van der Waals surface area (Å²) < 4.78 is 4.74. The molecule has 0 aliphatic carbocycles. The highest BCUT2D eigenvalue weighted by atomic mass is 16.5. The molecule has 0 spiro atoms. The number of carbonyl (C=O) groups is 1. The van der Waals surface area contributed by atoms with Crippen LogP contribution in [0.5, 0.6) is 0 Å². The van der Waals surface area contributed by atoms with Crippen LogP contribution < -0.4 is 5.32 Å². The Balaban J connectivity index is 1.57. The van der Waals surface area contributed by atoms with E-state index in [2.05, 4.69) is 10.5 Å². The zero-order chi connectivity index (χ0) is 13.3. The third-order valence-electron chi connectivity index (χ3n) is 2.93. The standard InChI is InChI=1S/C15H18N2O2/c18-15(9-8-13-5-2-1-3-6-13)16-10-4-7-14-11-17-19-12-14/h1-3,5-6,11-12H,4,7-10H2,(H,16,18). The Bertz CT molecular complexity index is 480. The predicted octanol–water partition coefficient (Wildman–Crippen LogP) is 2.36. The van der Waals surface area contributed by atoms with Crippen molar-refractivity contribution in [3.63, 3.8) is 0 Å². The summed E-state index contributed by atoms with van der Waals surface area (Å²) in [5, 5.41) is 6.56. The van der Waals surface area contributed by atoms with Crippen LogP contribution in [0.15, 0.2) is 47.3 Å². The Morgan fingerprint density at radius 2 is 2.00 bits per heavy atom. The number of nitrogens with zero attached hydrogens (tertiary/aromatic N) is 1. The Kier molecular flexibility index (Phi) is 5.17. The maximum absolute atomic E-state index is 11.6. The molecule has 2 rings (SSSR count). The molecule has 1 N–H and O–H groups in total. The van der Waals surface area contributed by atoms with Crippen LogP contribution in [0, 0.1) is 0 Å². The Morgan fingerprint density at radius 3 is 2.74 bits per heavy atom. The van der Waals surface area contributed by atoms with E-state index in [1.807, 2.05) is 30.3 Å². The molecular formula is C15H18N2O2. The number of hydrogen-bond donors (Lipinski definition) is 1. The van der Waals surface area contributed by atoms with Crippen molar-refractivity contribution in [2.24, 2.45) is 0 Å². The third kappa shape index (κ3) is 4.95. The topological polar surface area (TPSA) is 55.1 Å². The molecule has 1 aromatic carbocycles. The van der Waals surface area contributed by atoms with Gasteiger partial charge in [-0.2, -0.15) is 0 Å². The van der Waals surface area contributed by atoms with Gasteiger partial charge in [-0.25, -0.2) is 0 Å². The van der Waals surface area contributed by atoms with Crippen molar-refractivity contribution in [2.75, 3.05) is 6.54 Å². The van der Waals surface area contributed by atoms with Gasteiger partial charge < -0.3 is 9.84 Å². The molecule has 1 heterocycles. The number of hydrogen-bond acceptors (Lipinski definition) is 3. The van der Waals surface area contributed by atoms with Gasteiger partial charge in [0, 0.05) is 18.5 Å². The zero-order valence-corrected chi connectivity index (χ0v) is 10.8. The van der Waals surface area contributed by atoms with Crippen LogP contribution >= 0.6 is 0 Å². The van der Waals surface area contributed by atoms with Crippen LogP contribution in [0.25, 0.3) is 0 Å². The number of rotatable bonds is 7. The second kappa shape index (κ2) is 7.36. The van der Waals surface area contributed by atoms with E-state index in [0.717, 1.165) is 24.8 Å². The molecule has 100 valence electrons. The van der Waals surface area contributed by atoms with Crippen molar-refractivity contribution >= 4 is 5.91 Å². The van der Waals surface area contributed by atoms with Crippen LogP contribution in [-0.4, -0.2) is 17.6 Å². The van der Waals surface area contributed by atoms with Gasteiger partial charge >= 0.3 is 0 Å². The molecule has 0 aliphatic heterocycles. The molecule has 0 fully saturated rings. The largest absolute Gasteiger partial charge is 0.364 e. The normalized spacial score (nSPS) is 10.3. The fourth-order valence-corrected chi connectivity index (χ4v) is 1.86. The lowest BCUT2D eigenvalue weighted by atomic mass is 10.1. The van der Waals surface area contributed by atoms with Crippen molar-refractivity contribution in [1.82, 2.24) is 10.5 Å². The van der Waals surface area contributed by atoms with Gasteiger partial charge in [0.1, 0.15) is 6.26 Å². The molecule has 0 saturated carbocycles. The fourth-order valence-electron chi connectivity index (χ4n) is 1.86. The molecule has 0 atom stereocenters. The number of carbonyl (C=O) groups excluding carboxylic acids is 1. The maximum atomic E-state index is 11.6. The number of nitrogens with one attached hydrogen (secondary N) is 1. The number of amides is 1. The van der Waals surface area contributed by atoms with Crippen LogP contribution in [0.4, 0.5) is 0 Å². The Hall–Kier alpha value is -2.10. The molecule has 2 aromatic rings. The average Bonchev–Trinajstić information content (AvgIpc) is 2.96. The maximum Gasteiger partial charge on any atom is 0.220 e. The van der Waals surface area contributed by atoms with Crippen LogP contribution in [-0.2, 0) is 17.6 Å². The molecular weight excluding hydrogens is 240 g/mol. The van der Waals surface area contributed by atoms with Gasteiger partial charge in [-0.05, 0) is 24.8 Å². The van der Waals surface area contributed by atoms with E-state index in [0.29, 0.717) is 13.0 Å². The lowest BCUT2D eigenvalue weighted by Gasteiger charge is -2.04. The first kappa shape index (κ1) is 13.3. The lowest BCUT2D eigenvalue weighted by molar-refractivity contribution is -0.121. The molecule has 4 nitrogen and oxygen atoms in total. The van der Waals surface area contributed by atoms with Crippen molar-refractivity contribution in [1.29, 1.82) is 0 Å². The monoisotopic (exact) mass is 258 g/mol. The van der Waals surface area contributed by atoms with E-state index in [9.17, 15) is 4.79 Å². The highest BCUT2D eigenvalue weighted by molar-refractivity contribution is 5.76. The van der Waals surface area contributed by atoms with Gasteiger partial charge in [-0.1, -0.05) is 35.5 Å². The summed E-state index contributed by atoms with van der Waals surface area (Å²) in [5.74, 6) is 0.106. The van der Waals surface area contributed by atoms with Crippen LogP contribution in [0.3, 0.4) is 0 Å². The molecule has 0 aliphatic rings. The second-order valence-corrected chi connectivity index (χ2v) is 4.47. The first-order chi connectivity index (χ1) is 9.34. The third-order valence-corrected chi connectivity index (χ3v) is 2.93. The SMILES string of the molecule is O=C(CCc1ccccc1)NCCCc1cnoc1. The minimum absolute atomic E-state index is 0.106. The molecule has 19 heavy (non-hydrogen) atoms. The van der Waals surface area contributed by atoms with Crippen molar-refractivity contribution in [3.05, 3.63) is 53.9 Å². The number of aromatic nitrogens is 1. The minimum atomic E-state index is 0.106. The van der Waals surface area contributed by atoms with Crippen LogP contribution in [0.2, 0.25) is 0 Å². The van der Waals surface area contributed by atoms with E-state index in [-0.39, 0.29) is 5.91 Å². The van der Waals surface area contributed by atoms with Gasteiger partial charge in [-0.3, -0.25) is 4.79 Å². The van der Waals surface area contributed by atoms with E-state index >= 15 is 0 Å². The van der Waals surface area contributed by atoms with Crippen molar-refractivity contribution < 1.29 is 9.32 Å².